The quantitative estimate of drug-likeness (QED) is 0.781. The molecule has 1 aromatic heterocycles. The fourth-order valence-corrected chi connectivity index (χ4v) is 1.76. The summed E-state index contributed by atoms with van der Waals surface area (Å²) in [6.07, 6.45) is 1.37. The van der Waals surface area contributed by atoms with Gasteiger partial charge in [0.05, 0.1) is 5.52 Å². The van der Waals surface area contributed by atoms with Gasteiger partial charge in [-0.15, -0.1) is 0 Å². The van der Waals surface area contributed by atoms with E-state index in [1.165, 1.54) is 4.57 Å². The molecule has 1 aromatic carbocycles. The van der Waals surface area contributed by atoms with Gasteiger partial charge < -0.3 is 10.8 Å². The van der Waals surface area contributed by atoms with E-state index < -0.39 is 6.09 Å². The van der Waals surface area contributed by atoms with Gasteiger partial charge in [-0.25, -0.2) is 4.79 Å². The molecule has 0 saturated carbocycles. The molecule has 4 nitrogen and oxygen atoms in total. The normalized spacial score (nSPS) is 10.7. The van der Waals surface area contributed by atoms with Gasteiger partial charge in [-0.1, -0.05) is 18.2 Å². The van der Waals surface area contributed by atoms with Crippen LogP contribution in [0, 0.1) is 0 Å². The highest BCUT2D eigenvalue weighted by molar-refractivity contribution is 5.91. The van der Waals surface area contributed by atoms with E-state index in [0.29, 0.717) is 18.5 Å². The van der Waals surface area contributed by atoms with E-state index in [9.17, 15) is 4.79 Å². The number of nitrogens with two attached hydrogens (primary N) is 1. The maximum absolute atomic E-state index is 11.0. The Hall–Kier alpha value is -1.81. The van der Waals surface area contributed by atoms with Crippen LogP contribution < -0.4 is 5.73 Å². The summed E-state index contributed by atoms with van der Waals surface area (Å²) in [6, 6.07) is 7.44. The summed E-state index contributed by atoms with van der Waals surface area (Å²) in [4.78, 5) is 11.0. The molecule has 4 heteroatoms. The molecule has 0 saturated heterocycles. The number of carbonyl (C=O) groups is 1. The first-order chi connectivity index (χ1) is 7.24. The lowest BCUT2D eigenvalue weighted by Crippen LogP contribution is -2.06. The molecule has 0 aliphatic carbocycles. The first kappa shape index (κ1) is 9.73. The Morgan fingerprint density at radius 3 is 2.80 bits per heavy atom. The number of aromatic nitrogens is 1. The number of carboxylic acid groups (broad SMARTS) is 1. The van der Waals surface area contributed by atoms with Crippen LogP contribution >= 0.6 is 0 Å². The van der Waals surface area contributed by atoms with Crippen molar-refractivity contribution in [1.82, 2.24) is 4.57 Å². The molecule has 0 bridgehead atoms. The highest BCUT2D eigenvalue weighted by atomic mass is 16.4. The molecule has 2 aromatic rings. The van der Waals surface area contributed by atoms with E-state index in [1.807, 2.05) is 18.2 Å². The van der Waals surface area contributed by atoms with E-state index in [4.69, 9.17) is 10.8 Å². The third-order valence-electron chi connectivity index (χ3n) is 2.41. The maximum atomic E-state index is 11.0. The molecule has 0 amide bonds. The van der Waals surface area contributed by atoms with E-state index in [2.05, 4.69) is 0 Å². The molecular formula is C11H12N2O2. The van der Waals surface area contributed by atoms with Crippen molar-refractivity contribution >= 4 is 17.0 Å². The summed E-state index contributed by atoms with van der Waals surface area (Å²) in [5, 5.41) is 9.96. The SMILES string of the molecule is NCCc1cn(C(=O)O)c2ccccc12. The third-order valence-corrected chi connectivity index (χ3v) is 2.41. The van der Waals surface area contributed by atoms with Gasteiger partial charge in [0.15, 0.2) is 0 Å². The zero-order valence-corrected chi connectivity index (χ0v) is 8.18. The van der Waals surface area contributed by atoms with Crippen LogP contribution in [0.15, 0.2) is 30.5 Å². The highest BCUT2D eigenvalue weighted by Gasteiger charge is 2.10. The number of hydrogen-bond donors (Lipinski definition) is 2. The van der Waals surface area contributed by atoms with Crippen molar-refractivity contribution in [1.29, 1.82) is 0 Å². The lowest BCUT2D eigenvalue weighted by Gasteiger charge is -1.95. The summed E-state index contributed by atoms with van der Waals surface area (Å²) in [5.74, 6) is 0. The van der Waals surface area contributed by atoms with Crippen molar-refractivity contribution in [2.75, 3.05) is 6.54 Å². The van der Waals surface area contributed by atoms with E-state index in [1.54, 1.807) is 12.3 Å². The van der Waals surface area contributed by atoms with Crippen LogP contribution in [0.25, 0.3) is 10.9 Å². The molecule has 78 valence electrons. The van der Waals surface area contributed by atoms with Gasteiger partial charge >= 0.3 is 6.09 Å². The Labute approximate surface area is 86.9 Å². The molecule has 0 aliphatic heterocycles. The van der Waals surface area contributed by atoms with Crippen LogP contribution in [-0.4, -0.2) is 22.3 Å². The van der Waals surface area contributed by atoms with E-state index >= 15 is 0 Å². The molecule has 0 fully saturated rings. The van der Waals surface area contributed by atoms with Crippen molar-refractivity contribution in [3.63, 3.8) is 0 Å². The van der Waals surface area contributed by atoms with Crippen LogP contribution in [0.3, 0.4) is 0 Å². The Balaban J connectivity index is 2.67. The zero-order chi connectivity index (χ0) is 10.8. The van der Waals surface area contributed by atoms with E-state index in [0.717, 1.165) is 10.9 Å². The summed E-state index contributed by atoms with van der Waals surface area (Å²) in [7, 11) is 0. The summed E-state index contributed by atoms with van der Waals surface area (Å²) >= 11 is 0. The minimum atomic E-state index is -0.963. The minimum Gasteiger partial charge on any atom is -0.464 e. The first-order valence-corrected chi connectivity index (χ1v) is 4.76. The van der Waals surface area contributed by atoms with Crippen molar-refractivity contribution in [2.45, 2.75) is 6.42 Å². The van der Waals surface area contributed by atoms with Gasteiger partial charge in [-0.2, -0.15) is 0 Å². The number of benzene rings is 1. The molecule has 2 rings (SSSR count). The Morgan fingerprint density at radius 1 is 1.40 bits per heavy atom. The predicted octanol–water partition coefficient (Wildman–Crippen LogP) is 1.67. The van der Waals surface area contributed by atoms with Crippen LogP contribution in [0.4, 0.5) is 4.79 Å². The number of rotatable bonds is 2. The Kier molecular flexibility index (Phi) is 2.43. The molecule has 0 spiro atoms. The number of para-hydroxylation sites is 1. The summed E-state index contributed by atoms with van der Waals surface area (Å²) in [6.45, 7) is 0.521. The zero-order valence-electron chi connectivity index (χ0n) is 8.18. The van der Waals surface area contributed by atoms with Gasteiger partial charge in [0.25, 0.3) is 0 Å². The topological polar surface area (TPSA) is 68.2 Å². The smallest absolute Gasteiger partial charge is 0.416 e. The first-order valence-electron chi connectivity index (χ1n) is 4.76. The second kappa shape index (κ2) is 3.74. The van der Waals surface area contributed by atoms with Gasteiger partial charge in [0, 0.05) is 11.6 Å². The van der Waals surface area contributed by atoms with Crippen molar-refractivity contribution in [2.24, 2.45) is 5.73 Å². The molecule has 0 radical (unpaired) electrons. The lowest BCUT2D eigenvalue weighted by atomic mass is 10.1. The Morgan fingerprint density at radius 2 is 2.13 bits per heavy atom. The van der Waals surface area contributed by atoms with Crippen molar-refractivity contribution < 1.29 is 9.90 Å². The third kappa shape index (κ3) is 1.59. The molecule has 0 atom stereocenters. The van der Waals surface area contributed by atoms with Crippen LogP contribution in [0.5, 0.6) is 0 Å². The van der Waals surface area contributed by atoms with Crippen molar-refractivity contribution in [3.05, 3.63) is 36.0 Å². The average molecular weight is 204 g/mol. The highest BCUT2D eigenvalue weighted by Crippen LogP contribution is 2.21. The molecule has 0 aliphatic rings. The number of nitrogens with zero attached hydrogens (tertiary/aromatic N) is 1. The van der Waals surface area contributed by atoms with E-state index in [-0.39, 0.29) is 0 Å². The van der Waals surface area contributed by atoms with Gasteiger partial charge in [0.2, 0.25) is 0 Å². The second-order valence-corrected chi connectivity index (χ2v) is 3.36. The fourth-order valence-electron chi connectivity index (χ4n) is 1.76. The van der Waals surface area contributed by atoms with Crippen LogP contribution in [-0.2, 0) is 6.42 Å². The molecule has 0 unspecified atom stereocenters. The average Bonchev–Trinajstić information content (AvgIpc) is 2.59. The van der Waals surface area contributed by atoms with Crippen molar-refractivity contribution in [3.8, 4) is 0 Å². The lowest BCUT2D eigenvalue weighted by molar-refractivity contribution is 0.197. The summed E-state index contributed by atoms with van der Waals surface area (Å²) in [5.41, 5.74) is 7.18. The predicted molar refractivity (Wildman–Crippen MR) is 58.1 cm³/mol. The number of fused-ring (bicyclic) bond motifs is 1. The van der Waals surface area contributed by atoms with Crippen LogP contribution in [0.1, 0.15) is 5.56 Å². The van der Waals surface area contributed by atoms with Gasteiger partial charge in [-0.3, -0.25) is 4.57 Å². The fraction of sp³-hybridized carbons (Fsp3) is 0.182. The maximum Gasteiger partial charge on any atom is 0.416 e. The minimum absolute atomic E-state index is 0.521. The molecular weight excluding hydrogens is 192 g/mol. The largest absolute Gasteiger partial charge is 0.464 e. The summed E-state index contributed by atoms with van der Waals surface area (Å²) < 4.78 is 1.24. The Bertz CT molecular complexity index is 502. The molecule has 3 N–H and O–H groups in total. The monoisotopic (exact) mass is 204 g/mol. The number of hydrogen-bond acceptors (Lipinski definition) is 2. The van der Waals surface area contributed by atoms with Gasteiger partial charge in [0.1, 0.15) is 0 Å². The standard InChI is InChI=1S/C11H12N2O2/c12-6-5-8-7-13(11(14)15)10-4-2-1-3-9(8)10/h1-4,7H,5-6,12H2,(H,14,15). The molecule has 15 heavy (non-hydrogen) atoms. The van der Waals surface area contributed by atoms with Gasteiger partial charge in [-0.05, 0) is 24.6 Å². The molecule has 1 heterocycles. The van der Waals surface area contributed by atoms with Crippen LogP contribution in [0.2, 0.25) is 0 Å². The second-order valence-electron chi connectivity index (χ2n) is 3.36.